The van der Waals surface area contributed by atoms with Gasteiger partial charge in [-0.15, -0.1) is 0 Å². The lowest BCUT2D eigenvalue weighted by Crippen LogP contribution is -2.48. The fourth-order valence-corrected chi connectivity index (χ4v) is 3.39. The van der Waals surface area contributed by atoms with Crippen molar-refractivity contribution in [3.05, 3.63) is 0 Å². The Labute approximate surface area is 113 Å². The third-order valence-electron chi connectivity index (χ3n) is 4.64. The van der Waals surface area contributed by atoms with E-state index < -0.39 is 12.1 Å². The molecule has 0 radical (unpaired) electrons. The fraction of sp³-hybridized carbons (Fsp3) is 1.00. The minimum atomic E-state index is -4.01. The molecule has 1 saturated carbocycles. The van der Waals surface area contributed by atoms with Gasteiger partial charge < -0.3 is 10.2 Å². The van der Waals surface area contributed by atoms with Gasteiger partial charge in [0.05, 0.1) is 5.92 Å². The summed E-state index contributed by atoms with van der Waals surface area (Å²) in [6.07, 6.45) is 0.331. The molecule has 2 rings (SSSR count). The van der Waals surface area contributed by atoms with Gasteiger partial charge in [0.1, 0.15) is 0 Å². The molecule has 2 unspecified atom stereocenters. The zero-order valence-electron chi connectivity index (χ0n) is 11.7. The van der Waals surface area contributed by atoms with E-state index in [1.807, 2.05) is 0 Å². The van der Waals surface area contributed by atoms with Crippen molar-refractivity contribution >= 4 is 0 Å². The van der Waals surface area contributed by atoms with Crippen molar-refractivity contribution in [1.29, 1.82) is 0 Å². The minimum Gasteiger partial charge on any atom is -0.311 e. The molecule has 1 aliphatic carbocycles. The standard InChI is InChI=1S/C14H25F3N2/c1-2-19-8-6-12(7-9-19)18-13-5-3-4-11(10-13)14(15,16)17/h11-13,18H,2-10H2,1H3. The zero-order chi connectivity index (χ0) is 13.9. The van der Waals surface area contributed by atoms with Crippen LogP contribution in [-0.2, 0) is 0 Å². The first-order chi connectivity index (χ1) is 8.99. The summed E-state index contributed by atoms with van der Waals surface area (Å²) in [6.45, 7) is 5.38. The molecule has 5 heteroatoms. The van der Waals surface area contributed by atoms with Gasteiger partial charge >= 0.3 is 6.18 Å². The van der Waals surface area contributed by atoms with E-state index in [1.54, 1.807) is 0 Å². The Morgan fingerprint density at radius 1 is 1.05 bits per heavy atom. The van der Waals surface area contributed by atoms with Crippen LogP contribution in [-0.4, -0.2) is 42.8 Å². The summed E-state index contributed by atoms with van der Waals surface area (Å²) in [5.41, 5.74) is 0. The number of likely N-dealkylation sites (tertiary alicyclic amines) is 1. The largest absolute Gasteiger partial charge is 0.391 e. The zero-order valence-corrected chi connectivity index (χ0v) is 11.7. The van der Waals surface area contributed by atoms with E-state index in [0.717, 1.165) is 38.9 Å². The highest BCUT2D eigenvalue weighted by Gasteiger charge is 2.42. The minimum absolute atomic E-state index is 0.0681. The molecule has 0 aromatic rings. The molecule has 0 amide bonds. The molecule has 2 nitrogen and oxygen atoms in total. The third-order valence-corrected chi connectivity index (χ3v) is 4.64. The van der Waals surface area contributed by atoms with Crippen molar-refractivity contribution in [2.24, 2.45) is 5.92 Å². The Hall–Kier alpha value is -0.290. The van der Waals surface area contributed by atoms with E-state index in [1.165, 1.54) is 0 Å². The molecule has 1 N–H and O–H groups in total. The number of hydrogen-bond donors (Lipinski definition) is 1. The molecule has 1 saturated heterocycles. The normalized spacial score (nSPS) is 31.6. The van der Waals surface area contributed by atoms with E-state index >= 15 is 0 Å². The van der Waals surface area contributed by atoms with Crippen LogP contribution in [0.25, 0.3) is 0 Å². The van der Waals surface area contributed by atoms with Gasteiger partial charge in [0.25, 0.3) is 0 Å². The van der Waals surface area contributed by atoms with Crippen molar-refractivity contribution in [3.8, 4) is 0 Å². The van der Waals surface area contributed by atoms with Crippen LogP contribution >= 0.6 is 0 Å². The summed E-state index contributed by atoms with van der Waals surface area (Å²) < 4.78 is 38.3. The Kier molecular flexibility index (Phi) is 5.12. The van der Waals surface area contributed by atoms with Gasteiger partial charge in [0, 0.05) is 12.1 Å². The van der Waals surface area contributed by atoms with E-state index in [-0.39, 0.29) is 12.5 Å². The number of nitrogens with one attached hydrogen (secondary N) is 1. The van der Waals surface area contributed by atoms with E-state index in [0.29, 0.717) is 18.9 Å². The van der Waals surface area contributed by atoms with Crippen LogP contribution in [0.1, 0.15) is 45.4 Å². The summed E-state index contributed by atoms with van der Waals surface area (Å²) in [4.78, 5) is 2.40. The second-order valence-electron chi connectivity index (χ2n) is 5.98. The molecule has 2 aliphatic rings. The maximum Gasteiger partial charge on any atom is 0.391 e. The lowest BCUT2D eigenvalue weighted by molar-refractivity contribution is -0.184. The monoisotopic (exact) mass is 278 g/mol. The predicted octanol–water partition coefficient (Wildman–Crippen LogP) is 3.18. The highest BCUT2D eigenvalue weighted by molar-refractivity contribution is 4.86. The van der Waals surface area contributed by atoms with Crippen LogP contribution in [0.4, 0.5) is 13.2 Å². The molecule has 1 heterocycles. The number of hydrogen-bond acceptors (Lipinski definition) is 2. The highest BCUT2D eigenvalue weighted by atomic mass is 19.4. The Morgan fingerprint density at radius 3 is 2.32 bits per heavy atom. The summed E-state index contributed by atoms with van der Waals surface area (Å²) in [6, 6.07) is 0.485. The second kappa shape index (κ2) is 6.44. The van der Waals surface area contributed by atoms with Crippen LogP contribution in [0.5, 0.6) is 0 Å². The van der Waals surface area contributed by atoms with Gasteiger partial charge in [-0.1, -0.05) is 13.3 Å². The van der Waals surface area contributed by atoms with Crippen LogP contribution in [0.3, 0.4) is 0 Å². The molecule has 0 aromatic carbocycles. The van der Waals surface area contributed by atoms with Gasteiger partial charge in [0.2, 0.25) is 0 Å². The van der Waals surface area contributed by atoms with Crippen LogP contribution in [0.15, 0.2) is 0 Å². The first kappa shape index (κ1) is 15.1. The molecule has 0 aromatic heterocycles. The molecular weight excluding hydrogens is 253 g/mol. The molecule has 2 fully saturated rings. The van der Waals surface area contributed by atoms with Crippen LogP contribution in [0, 0.1) is 5.92 Å². The average Bonchev–Trinajstić information content (AvgIpc) is 2.39. The molecule has 0 bridgehead atoms. The summed E-state index contributed by atoms with van der Waals surface area (Å²) >= 11 is 0. The summed E-state index contributed by atoms with van der Waals surface area (Å²) in [5, 5.41) is 3.48. The van der Waals surface area contributed by atoms with Crippen molar-refractivity contribution in [2.75, 3.05) is 19.6 Å². The van der Waals surface area contributed by atoms with Gasteiger partial charge in [-0.25, -0.2) is 0 Å². The molecule has 0 spiro atoms. The van der Waals surface area contributed by atoms with E-state index in [4.69, 9.17) is 0 Å². The average molecular weight is 278 g/mol. The topological polar surface area (TPSA) is 15.3 Å². The van der Waals surface area contributed by atoms with Gasteiger partial charge in [0.15, 0.2) is 0 Å². The number of alkyl halides is 3. The fourth-order valence-electron chi connectivity index (χ4n) is 3.39. The van der Waals surface area contributed by atoms with E-state index in [9.17, 15) is 13.2 Å². The summed E-state index contributed by atoms with van der Waals surface area (Å²) in [5.74, 6) is -1.09. The SMILES string of the molecule is CCN1CCC(NC2CCCC(C(F)(F)F)C2)CC1. The van der Waals surface area contributed by atoms with E-state index in [2.05, 4.69) is 17.1 Å². The Bertz CT molecular complexity index is 272. The van der Waals surface area contributed by atoms with Gasteiger partial charge in [-0.05, 0) is 51.7 Å². The maximum atomic E-state index is 12.8. The van der Waals surface area contributed by atoms with Crippen LogP contribution in [0.2, 0.25) is 0 Å². The summed E-state index contributed by atoms with van der Waals surface area (Å²) in [7, 11) is 0. The lowest BCUT2D eigenvalue weighted by Gasteiger charge is -2.37. The second-order valence-corrected chi connectivity index (χ2v) is 5.98. The molecular formula is C14H25F3N2. The predicted molar refractivity (Wildman–Crippen MR) is 70.1 cm³/mol. The smallest absolute Gasteiger partial charge is 0.311 e. The van der Waals surface area contributed by atoms with Crippen molar-refractivity contribution < 1.29 is 13.2 Å². The number of nitrogens with zero attached hydrogens (tertiary/aromatic N) is 1. The van der Waals surface area contributed by atoms with Gasteiger partial charge in [-0.3, -0.25) is 0 Å². The van der Waals surface area contributed by atoms with Crippen molar-refractivity contribution in [1.82, 2.24) is 10.2 Å². The third kappa shape index (κ3) is 4.35. The lowest BCUT2D eigenvalue weighted by atomic mass is 9.84. The number of piperidine rings is 1. The number of rotatable bonds is 3. The van der Waals surface area contributed by atoms with Gasteiger partial charge in [-0.2, -0.15) is 13.2 Å². The van der Waals surface area contributed by atoms with Crippen molar-refractivity contribution in [2.45, 2.75) is 63.7 Å². The first-order valence-electron chi connectivity index (χ1n) is 7.54. The Morgan fingerprint density at radius 2 is 1.74 bits per heavy atom. The molecule has 112 valence electrons. The van der Waals surface area contributed by atoms with Crippen molar-refractivity contribution in [3.63, 3.8) is 0 Å². The number of halogens is 3. The van der Waals surface area contributed by atoms with Crippen LogP contribution < -0.4 is 5.32 Å². The quantitative estimate of drug-likeness (QED) is 0.853. The first-order valence-corrected chi connectivity index (χ1v) is 7.54. The highest BCUT2D eigenvalue weighted by Crippen LogP contribution is 2.37. The molecule has 2 atom stereocenters. The molecule has 19 heavy (non-hydrogen) atoms. The molecule has 1 aliphatic heterocycles. The maximum absolute atomic E-state index is 12.8. The Balaban J connectivity index is 1.77.